The fraction of sp³-hybridized carbons (Fsp3) is 0.667. The van der Waals surface area contributed by atoms with Gasteiger partial charge in [-0.15, -0.1) is 0 Å². The molecule has 2 bridgehead atoms. The average molecular weight is 220 g/mol. The van der Waals surface area contributed by atoms with Crippen LogP contribution in [0.1, 0.15) is 72.7 Å². The summed E-state index contributed by atoms with van der Waals surface area (Å²) in [6.45, 7) is 4.12. The van der Waals surface area contributed by atoms with Gasteiger partial charge in [-0.1, -0.05) is 0 Å². The highest BCUT2D eigenvalue weighted by Gasteiger charge is 2.44. The van der Waals surface area contributed by atoms with Crippen molar-refractivity contribution in [2.75, 3.05) is 0 Å². The van der Waals surface area contributed by atoms with Gasteiger partial charge in [-0.3, -0.25) is 4.68 Å². The highest BCUT2D eigenvalue weighted by molar-refractivity contribution is 5.88. The monoisotopic (exact) mass is 220 g/mol. The molecule has 4 heteroatoms. The topological polar surface area (TPSA) is 55.1 Å². The number of hydrogen-bond acceptors (Lipinski definition) is 2. The molecule has 3 rings (SSSR count). The SMILES string of the molecule is CC(C)n1nc(C(=O)O)c2c1C1CCC2C1. The van der Waals surface area contributed by atoms with Gasteiger partial charge in [0.15, 0.2) is 5.69 Å². The van der Waals surface area contributed by atoms with Gasteiger partial charge in [-0.25, -0.2) is 4.79 Å². The summed E-state index contributed by atoms with van der Waals surface area (Å²) >= 11 is 0. The minimum atomic E-state index is -0.872. The van der Waals surface area contributed by atoms with Crippen LogP contribution in [0, 0.1) is 0 Å². The van der Waals surface area contributed by atoms with Crippen molar-refractivity contribution in [3.63, 3.8) is 0 Å². The van der Waals surface area contributed by atoms with E-state index in [0.717, 1.165) is 18.4 Å². The van der Waals surface area contributed by atoms with Crippen LogP contribution in [0.4, 0.5) is 0 Å². The quantitative estimate of drug-likeness (QED) is 0.833. The van der Waals surface area contributed by atoms with Crippen LogP contribution in [0.2, 0.25) is 0 Å². The lowest BCUT2D eigenvalue weighted by atomic mass is 9.95. The molecule has 1 aromatic heterocycles. The number of aromatic nitrogens is 2. The van der Waals surface area contributed by atoms with E-state index in [1.165, 1.54) is 12.1 Å². The van der Waals surface area contributed by atoms with Gasteiger partial charge in [0.2, 0.25) is 0 Å². The molecule has 0 saturated heterocycles. The maximum atomic E-state index is 11.2. The summed E-state index contributed by atoms with van der Waals surface area (Å²) in [4.78, 5) is 11.2. The molecule has 1 N–H and O–H groups in total. The van der Waals surface area contributed by atoms with Crippen molar-refractivity contribution in [3.05, 3.63) is 17.0 Å². The number of carboxylic acid groups (broad SMARTS) is 1. The molecule has 0 spiro atoms. The molecule has 2 aliphatic rings. The van der Waals surface area contributed by atoms with Gasteiger partial charge in [0, 0.05) is 23.2 Å². The zero-order valence-electron chi connectivity index (χ0n) is 9.60. The molecule has 2 atom stereocenters. The first-order valence-corrected chi connectivity index (χ1v) is 5.95. The number of hydrogen-bond donors (Lipinski definition) is 1. The standard InChI is InChI=1S/C12H16N2O2/c1-6(2)14-11-8-4-3-7(5-8)9(11)10(13-14)12(15)16/h6-8H,3-5H2,1-2H3,(H,15,16). The Morgan fingerprint density at radius 2 is 2.12 bits per heavy atom. The molecule has 0 radical (unpaired) electrons. The summed E-state index contributed by atoms with van der Waals surface area (Å²) < 4.78 is 1.93. The second kappa shape index (κ2) is 3.09. The van der Waals surface area contributed by atoms with E-state index in [2.05, 4.69) is 18.9 Å². The predicted molar refractivity (Wildman–Crippen MR) is 58.9 cm³/mol. The molecule has 2 aliphatic carbocycles. The highest BCUT2D eigenvalue weighted by atomic mass is 16.4. The lowest BCUT2D eigenvalue weighted by molar-refractivity contribution is 0.0687. The summed E-state index contributed by atoms with van der Waals surface area (Å²) in [5.74, 6) is 0.143. The number of nitrogens with zero attached hydrogens (tertiary/aromatic N) is 2. The minimum absolute atomic E-state index is 0.251. The van der Waals surface area contributed by atoms with Crippen LogP contribution in [-0.2, 0) is 0 Å². The van der Waals surface area contributed by atoms with Crippen molar-refractivity contribution in [1.29, 1.82) is 0 Å². The molecular formula is C12H16N2O2. The zero-order valence-corrected chi connectivity index (χ0v) is 9.60. The number of aromatic carboxylic acids is 1. The van der Waals surface area contributed by atoms with Crippen LogP contribution in [0.3, 0.4) is 0 Å². The van der Waals surface area contributed by atoms with Gasteiger partial charge < -0.3 is 5.11 Å². The van der Waals surface area contributed by atoms with Crippen LogP contribution < -0.4 is 0 Å². The maximum Gasteiger partial charge on any atom is 0.356 e. The van der Waals surface area contributed by atoms with Crippen molar-refractivity contribution in [3.8, 4) is 0 Å². The third-order valence-corrected chi connectivity index (χ3v) is 3.90. The van der Waals surface area contributed by atoms with Crippen molar-refractivity contribution < 1.29 is 9.90 Å². The second-order valence-electron chi connectivity index (χ2n) is 5.20. The molecule has 86 valence electrons. The Kier molecular flexibility index (Phi) is 1.91. The first-order valence-electron chi connectivity index (χ1n) is 5.95. The van der Waals surface area contributed by atoms with E-state index in [0.29, 0.717) is 17.5 Å². The summed E-state index contributed by atoms with van der Waals surface area (Å²) in [5.41, 5.74) is 2.55. The zero-order chi connectivity index (χ0) is 11.4. The van der Waals surface area contributed by atoms with Gasteiger partial charge in [-0.2, -0.15) is 5.10 Å². The number of fused-ring (bicyclic) bond motifs is 5. The average Bonchev–Trinajstić information content (AvgIpc) is 2.88. The van der Waals surface area contributed by atoms with Crippen molar-refractivity contribution in [2.24, 2.45) is 0 Å². The molecular weight excluding hydrogens is 204 g/mol. The Morgan fingerprint density at radius 1 is 1.44 bits per heavy atom. The predicted octanol–water partition coefficient (Wildman–Crippen LogP) is 2.53. The highest BCUT2D eigenvalue weighted by Crippen LogP contribution is 2.54. The minimum Gasteiger partial charge on any atom is -0.476 e. The Bertz CT molecular complexity index is 462. The van der Waals surface area contributed by atoms with Crippen molar-refractivity contribution in [2.45, 2.75) is 51.0 Å². The van der Waals surface area contributed by atoms with E-state index in [9.17, 15) is 9.90 Å². The Labute approximate surface area is 94.3 Å². The van der Waals surface area contributed by atoms with E-state index >= 15 is 0 Å². The van der Waals surface area contributed by atoms with Crippen molar-refractivity contribution >= 4 is 5.97 Å². The summed E-state index contributed by atoms with van der Waals surface area (Å²) in [6.07, 6.45) is 3.48. The van der Waals surface area contributed by atoms with Gasteiger partial charge in [0.1, 0.15) is 0 Å². The second-order valence-corrected chi connectivity index (χ2v) is 5.20. The Morgan fingerprint density at radius 3 is 2.75 bits per heavy atom. The van der Waals surface area contributed by atoms with E-state index in [-0.39, 0.29) is 6.04 Å². The molecule has 1 aromatic rings. The third-order valence-electron chi connectivity index (χ3n) is 3.90. The molecule has 1 saturated carbocycles. The van der Waals surface area contributed by atoms with Crippen LogP contribution in [0.25, 0.3) is 0 Å². The first-order chi connectivity index (χ1) is 7.59. The van der Waals surface area contributed by atoms with E-state index < -0.39 is 5.97 Å². The number of rotatable bonds is 2. The number of carboxylic acids is 1. The van der Waals surface area contributed by atoms with Gasteiger partial charge in [0.25, 0.3) is 0 Å². The molecule has 0 aliphatic heterocycles. The van der Waals surface area contributed by atoms with Crippen LogP contribution in [0.5, 0.6) is 0 Å². The summed E-state index contributed by atoms with van der Waals surface area (Å²) in [7, 11) is 0. The van der Waals surface area contributed by atoms with Gasteiger partial charge >= 0.3 is 5.97 Å². The van der Waals surface area contributed by atoms with Crippen LogP contribution >= 0.6 is 0 Å². The lowest BCUT2D eigenvalue weighted by Crippen LogP contribution is -2.10. The fourth-order valence-corrected chi connectivity index (χ4v) is 3.31. The third kappa shape index (κ3) is 1.10. The van der Waals surface area contributed by atoms with E-state index in [1.807, 2.05) is 4.68 Å². The molecule has 2 unspecified atom stereocenters. The largest absolute Gasteiger partial charge is 0.476 e. The normalized spacial score (nSPS) is 26.4. The molecule has 1 fully saturated rings. The van der Waals surface area contributed by atoms with Gasteiger partial charge in [0.05, 0.1) is 0 Å². The molecule has 4 nitrogen and oxygen atoms in total. The molecule has 0 amide bonds. The fourth-order valence-electron chi connectivity index (χ4n) is 3.31. The Hall–Kier alpha value is -1.32. The van der Waals surface area contributed by atoms with Crippen LogP contribution in [-0.4, -0.2) is 20.9 Å². The summed E-state index contributed by atoms with van der Waals surface area (Å²) in [5, 5.41) is 13.5. The van der Waals surface area contributed by atoms with Crippen molar-refractivity contribution in [1.82, 2.24) is 9.78 Å². The van der Waals surface area contributed by atoms with E-state index in [4.69, 9.17) is 0 Å². The molecule has 0 aromatic carbocycles. The number of carbonyl (C=O) groups is 1. The lowest BCUT2D eigenvalue weighted by Gasteiger charge is -2.15. The molecule has 1 heterocycles. The first kappa shape index (κ1) is 9.87. The summed E-state index contributed by atoms with van der Waals surface area (Å²) in [6, 6.07) is 0.251. The molecule has 16 heavy (non-hydrogen) atoms. The maximum absolute atomic E-state index is 11.2. The smallest absolute Gasteiger partial charge is 0.356 e. The van der Waals surface area contributed by atoms with Gasteiger partial charge in [-0.05, 0) is 39.0 Å². The van der Waals surface area contributed by atoms with Crippen LogP contribution in [0.15, 0.2) is 0 Å². The Balaban J connectivity index is 2.21. The van der Waals surface area contributed by atoms with E-state index in [1.54, 1.807) is 0 Å².